The van der Waals surface area contributed by atoms with Crippen LogP contribution in [-0.4, -0.2) is 29.3 Å². The zero-order valence-electron chi connectivity index (χ0n) is 12.8. The van der Waals surface area contributed by atoms with E-state index in [2.05, 4.69) is 21.2 Å². The van der Waals surface area contributed by atoms with E-state index < -0.39 is 6.04 Å². The van der Waals surface area contributed by atoms with E-state index in [0.29, 0.717) is 0 Å². The van der Waals surface area contributed by atoms with Crippen molar-refractivity contribution in [1.82, 2.24) is 10.2 Å². The van der Waals surface area contributed by atoms with Crippen molar-refractivity contribution in [2.24, 2.45) is 5.41 Å². The molecule has 4 nitrogen and oxygen atoms in total. The molecule has 114 valence electrons. The second kappa shape index (κ2) is 5.79. The van der Waals surface area contributed by atoms with Gasteiger partial charge in [0.25, 0.3) is 0 Å². The molecule has 1 aliphatic heterocycles. The van der Waals surface area contributed by atoms with E-state index in [4.69, 9.17) is 0 Å². The van der Waals surface area contributed by atoms with Gasteiger partial charge in [0.2, 0.25) is 11.8 Å². The summed E-state index contributed by atoms with van der Waals surface area (Å²) in [6.07, 6.45) is 0. The second-order valence-electron chi connectivity index (χ2n) is 6.56. The molecule has 1 N–H and O–H groups in total. The lowest BCUT2D eigenvalue weighted by Gasteiger charge is -2.41. The third-order valence-electron chi connectivity index (χ3n) is 3.84. The van der Waals surface area contributed by atoms with Crippen LogP contribution >= 0.6 is 15.9 Å². The molecule has 0 aliphatic carbocycles. The minimum atomic E-state index is -0.475. The number of halogens is 1. The van der Waals surface area contributed by atoms with Gasteiger partial charge in [-0.3, -0.25) is 9.59 Å². The maximum absolute atomic E-state index is 12.7. The van der Waals surface area contributed by atoms with Crippen LogP contribution in [0, 0.1) is 5.41 Å². The number of hydrogen-bond donors (Lipinski definition) is 1. The number of rotatable bonds is 2. The molecule has 2 amide bonds. The van der Waals surface area contributed by atoms with Crippen LogP contribution in [-0.2, 0) is 9.59 Å². The highest BCUT2D eigenvalue weighted by Gasteiger charge is 2.41. The average Bonchev–Trinajstić information content (AvgIpc) is 2.40. The van der Waals surface area contributed by atoms with E-state index in [0.717, 1.165) is 10.0 Å². The fourth-order valence-electron chi connectivity index (χ4n) is 2.50. The predicted octanol–water partition coefficient (Wildman–Crippen LogP) is 2.88. The van der Waals surface area contributed by atoms with Crippen molar-refractivity contribution in [3.8, 4) is 0 Å². The standard InChI is InChI=1S/C16H21BrN2O2/c1-10(11-5-7-12(17)8-6-11)19-9-13(20)18-14(15(19)21)16(2,3)4/h5-8,10,14H,9H2,1-4H3,(H,18,20). The maximum atomic E-state index is 12.7. The largest absolute Gasteiger partial charge is 0.342 e. The van der Waals surface area contributed by atoms with Crippen LogP contribution in [0.15, 0.2) is 28.7 Å². The van der Waals surface area contributed by atoms with Crippen molar-refractivity contribution in [3.63, 3.8) is 0 Å². The third-order valence-corrected chi connectivity index (χ3v) is 4.36. The lowest BCUT2D eigenvalue weighted by molar-refractivity contribution is -0.149. The molecule has 1 saturated heterocycles. The highest BCUT2D eigenvalue weighted by molar-refractivity contribution is 9.10. The Balaban J connectivity index is 2.27. The molecule has 1 heterocycles. The van der Waals surface area contributed by atoms with Gasteiger partial charge in [-0.05, 0) is 30.0 Å². The molecule has 21 heavy (non-hydrogen) atoms. The molecule has 1 aromatic rings. The first-order valence-corrected chi connectivity index (χ1v) is 7.85. The van der Waals surface area contributed by atoms with E-state index in [9.17, 15) is 9.59 Å². The highest BCUT2D eigenvalue weighted by atomic mass is 79.9. The van der Waals surface area contributed by atoms with Gasteiger partial charge in [-0.15, -0.1) is 0 Å². The van der Waals surface area contributed by atoms with Crippen LogP contribution in [0.2, 0.25) is 0 Å². The van der Waals surface area contributed by atoms with Crippen LogP contribution in [0.4, 0.5) is 0 Å². The number of benzene rings is 1. The van der Waals surface area contributed by atoms with E-state index >= 15 is 0 Å². The molecule has 0 spiro atoms. The molecule has 1 aliphatic rings. The lowest BCUT2D eigenvalue weighted by atomic mass is 9.84. The van der Waals surface area contributed by atoms with Gasteiger partial charge in [-0.2, -0.15) is 0 Å². The summed E-state index contributed by atoms with van der Waals surface area (Å²) in [6, 6.07) is 7.24. The smallest absolute Gasteiger partial charge is 0.246 e. The van der Waals surface area contributed by atoms with Crippen LogP contribution in [0.5, 0.6) is 0 Å². The molecule has 0 bridgehead atoms. The number of carbonyl (C=O) groups excluding carboxylic acids is 2. The summed E-state index contributed by atoms with van der Waals surface area (Å²) >= 11 is 3.40. The summed E-state index contributed by atoms with van der Waals surface area (Å²) in [5, 5.41) is 2.81. The number of piperazine rings is 1. The van der Waals surface area contributed by atoms with Gasteiger partial charge in [0.1, 0.15) is 12.6 Å². The van der Waals surface area contributed by atoms with Crippen molar-refractivity contribution in [2.75, 3.05) is 6.54 Å². The Kier molecular flexibility index (Phi) is 4.42. The van der Waals surface area contributed by atoms with E-state index in [-0.39, 0.29) is 29.8 Å². The Morgan fingerprint density at radius 3 is 2.33 bits per heavy atom. The van der Waals surface area contributed by atoms with Crippen LogP contribution in [0.3, 0.4) is 0 Å². The molecular formula is C16H21BrN2O2. The number of hydrogen-bond acceptors (Lipinski definition) is 2. The molecule has 2 rings (SSSR count). The Labute approximate surface area is 134 Å². The van der Waals surface area contributed by atoms with E-state index in [1.54, 1.807) is 4.90 Å². The van der Waals surface area contributed by atoms with Crippen LogP contribution in [0.1, 0.15) is 39.3 Å². The minimum Gasteiger partial charge on any atom is -0.342 e. The summed E-state index contributed by atoms with van der Waals surface area (Å²) < 4.78 is 0.994. The Hall–Kier alpha value is -1.36. The van der Waals surface area contributed by atoms with Gasteiger partial charge in [0.15, 0.2) is 0 Å². The Bertz CT molecular complexity index is 548. The normalized spacial score (nSPS) is 21.2. The first-order chi connectivity index (χ1) is 9.70. The quantitative estimate of drug-likeness (QED) is 0.889. The lowest BCUT2D eigenvalue weighted by Crippen LogP contribution is -2.62. The molecule has 0 saturated carbocycles. The summed E-state index contributed by atoms with van der Waals surface area (Å²) in [7, 11) is 0. The fourth-order valence-corrected chi connectivity index (χ4v) is 2.77. The highest BCUT2D eigenvalue weighted by Crippen LogP contribution is 2.29. The molecule has 2 unspecified atom stereocenters. The molecule has 0 radical (unpaired) electrons. The SMILES string of the molecule is CC(c1ccc(Br)cc1)N1CC(=O)NC(C(C)(C)C)C1=O. The zero-order chi connectivity index (χ0) is 15.8. The number of amides is 2. The molecule has 5 heteroatoms. The van der Waals surface area contributed by atoms with Crippen LogP contribution in [0.25, 0.3) is 0 Å². The number of carbonyl (C=O) groups is 2. The van der Waals surface area contributed by atoms with Gasteiger partial charge in [0.05, 0.1) is 6.04 Å². The van der Waals surface area contributed by atoms with Gasteiger partial charge < -0.3 is 10.2 Å². The number of nitrogens with zero attached hydrogens (tertiary/aromatic N) is 1. The van der Waals surface area contributed by atoms with Gasteiger partial charge in [0, 0.05) is 4.47 Å². The Morgan fingerprint density at radius 2 is 1.81 bits per heavy atom. The monoisotopic (exact) mass is 352 g/mol. The van der Waals surface area contributed by atoms with Crippen LogP contribution < -0.4 is 5.32 Å². The van der Waals surface area contributed by atoms with Gasteiger partial charge in [-0.1, -0.05) is 48.8 Å². The van der Waals surface area contributed by atoms with Crippen molar-refractivity contribution in [2.45, 2.75) is 39.8 Å². The Morgan fingerprint density at radius 1 is 1.24 bits per heavy atom. The minimum absolute atomic E-state index is 0.0162. The summed E-state index contributed by atoms with van der Waals surface area (Å²) in [5.74, 6) is -0.115. The zero-order valence-corrected chi connectivity index (χ0v) is 14.4. The van der Waals surface area contributed by atoms with Crippen molar-refractivity contribution < 1.29 is 9.59 Å². The fraction of sp³-hybridized carbons (Fsp3) is 0.500. The van der Waals surface area contributed by atoms with E-state index in [1.807, 2.05) is 52.0 Å². The number of nitrogens with one attached hydrogen (secondary N) is 1. The van der Waals surface area contributed by atoms with Gasteiger partial charge >= 0.3 is 0 Å². The first-order valence-electron chi connectivity index (χ1n) is 7.05. The van der Waals surface area contributed by atoms with Crippen molar-refractivity contribution in [1.29, 1.82) is 0 Å². The second-order valence-corrected chi connectivity index (χ2v) is 7.48. The molecule has 0 aromatic heterocycles. The van der Waals surface area contributed by atoms with Gasteiger partial charge in [-0.25, -0.2) is 0 Å². The first kappa shape index (κ1) is 16.0. The maximum Gasteiger partial charge on any atom is 0.246 e. The summed E-state index contributed by atoms with van der Waals surface area (Å²) in [4.78, 5) is 26.3. The molecule has 2 atom stereocenters. The summed E-state index contributed by atoms with van der Waals surface area (Å²) in [5.41, 5.74) is 0.721. The molecular weight excluding hydrogens is 332 g/mol. The predicted molar refractivity (Wildman–Crippen MR) is 85.7 cm³/mol. The molecule has 1 aromatic carbocycles. The summed E-state index contributed by atoms with van der Waals surface area (Å²) in [6.45, 7) is 7.96. The third kappa shape index (κ3) is 3.46. The topological polar surface area (TPSA) is 49.4 Å². The van der Waals surface area contributed by atoms with E-state index in [1.165, 1.54) is 0 Å². The van der Waals surface area contributed by atoms with Crippen molar-refractivity contribution >= 4 is 27.7 Å². The molecule has 1 fully saturated rings. The van der Waals surface area contributed by atoms with Crippen molar-refractivity contribution in [3.05, 3.63) is 34.3 Å². The average molecular weight is 353 g/mol.